The highest BCUT2D eigenvalue weighted by molar-refractivity contribution is 7.89. The first kappa shape index (κ1) is 19.4. The second-order valence-electron chi connectivity index (χ2n) is 6.69. The predicted molar refractivity (Wildman–Crippen MR) is 97.4 cm³/mol. The smallest absolute Gasteiger partial charge is 0.306 e. The van der Waals surface area contributed by atoms with Gasteiger partial charge in [0.05, 0.1) is 36.0 Å². The Morgan fingerprint density at radius 2 is 1.89 bits per heavy atom. The lowest BCUT2D eigenvalue weighted by atomic mass is 10.1. The number of aryl methyl sites for hydroxylation is 1. The fourth-order valence-corrected chi connectivity index (χ4v) is 4.73. The Hall–Kier alpha value is -2.36. The Balaban J connectivity index is 1.69. The van der Waals surface area contributed by atoms with Crippen LogP contribution in [-0.2, 0) is 16.6 Å². The standard InChI is InChI=1S/C18H20FN3O4S/c1-14-3-2-4-15(11-14)13-20-7-9-21(10-8-20)27(25,26)16-5-6-17(19)18(12-16)22(23)24/h2-6,11-12H,7-10,13H2,1H3/p+1. The van der Waals surface area contributed by atoms with Crippen LogP contribution in [0.3, 0.4) is 0 Å². The van der Waals surface area contributed by atoms with Crippen LogP contribution in [0.2, 0.25) is 0 Å². The van der Waals surface area contributed by atoms with Crippen LogP contribution in [0.4, 0.5) is 10.1 Å². The number of hydrogen-bond acceptors (Lipinski definition) is 4. The molecule has 1 saturated heterocycles. The summed E-state index contributed by atoms with van der Waals surface area (Å²) in [5.74, 6) is -1.05. The van der Waals surface area contributed by atoms with Gasteiger partial charge in [0.1, 0.15) is 6.54 Å². The fraction of sp³-hybridized carbons (Fsp3) is 0.333. The molecule has 9 heteroatoms. The first-order chi connectivity index (χ1) is 12.8. The number of halogens is 1. The molecule has 1 N–H and O–H groups in total. The van der Waals surface area contributed by atoms with E-state index in [2.05, 4.69) is 12.1 Å². The quantitative estimate of drug-likeness (QED) is 0.609. The van der Waals surface area contributed by atoms with Gasteiger partial charge in [0.2, 0.25) is 15.8 Å². The largest absolute Gasteiger partial charge is 0.329 e. The van der Waals surface area contributed by atoms with Gasteiger partial charge in [-0.05, 0) is 19.1 Å². The molecule has 0 unspecified atom stereocenters. The highest BCUT2D eigenvalue weighted by atomic mass is 32.2. The van der Waals surface area contributed by atoms with Gasteiger partial charge in [0.25, 0.3) is 0 Å². The Kier molecular flexibility index (Phi) is 5.54. The second kappa shape index (κ2) is 7.71. The molecule has 1 aliphatic rings. The highest BCUT2D eigenvalue weighted by Crippen LogP contribution is 2.24. The molecule has 27 heavy (non-hydrogen) atoms. The van der Waals surface area contributed by atoms with Crippen molar-refractivity contribution >= 4 is 15.7 Å². The van der Waals surface area contributed by atoms with Crippen molar-refractivity contribution in [3.05, 3.63) is 69.5 Å². The SMILES string of the molecule is Cc1cccc(C[NH+]2CCN(S(=O)(=O)c3ccc(F)c([N+](=O)[O-])c3)CC2)c1. The summed E-state index contributed by atoms with van der Waals surface area (Å²) in [7, 11) is -3.89. The molecule has 7 nitrogen and oxygen atoms in total. The van der Waals surface area contributed by atoms with E-state index in [1.807, 2.05) is 19.1 Å². The third-order valence-electron chi connectivity index (χ3n) is 4.72. The molecule has 3 rings (SSSR count). The lowest BCUT2D eigenvalue weighted by molar-refractivity contribution is -0.917. The zero-order valence-corrected chi connectivity index (χ0v) is 15.7. The summed E-state index contributed by atoms with van der Waals surface area (Å²) >= 11 is 0. The number of nitrogens with one attached hydrogen (secondary N) is 1. The number of quaternary nitrogens is 1. The molecule has 144 valence electrons. The summed E-state index contributed by atoms with van der Waals surface area (Å²) in [4.78, 5) is 11.0. The number of rotatable bonds is 5. The van der Waals surface area contributed by atoms with E-state index in [0.29, 0.717) is 26.2 Å². The molecule has 1 aliphatic heterocycles. The van der Waals surface area contributed by atoms with Crippen LogP contribution in [0.15, 0.2) is 47.4 Å². The average molecular weight is 394 g/mol. The molecule has 0 spiro atoms. The van der Waals surface area contributed by atoms with Crippen LogP contribution in [0, 0.1) is 22.9 Å². The van der Waals surface area contributed by atoms with Gasteiger partial charge in [-0.15, -0.1) is 0 Å². The molecule has 0 aliphatic carbocycles. The Bertz CT molecular complexity index is 957. The summed E-state index contributed by atoms with van der Waals surface area (Å²) in [6.07, 6.45) is 0. The van der Waals surface area contributed by atoms with Crippen LogP contribution in [0.5, 0.6) is 0 Å². The number of sulfonamides is 1. The number of nitrogens with zero attached hydrogens (tertiary/aromatic N) is 2. The van der Waals surface area contributed by atoms with E-state index >= 15 is 0 Å². The van der Waals surface area contributed by atoms with Crippen LogP contribution in [-0.4, -0.2) is 43.8 Å². The van der Waals surface area contributed by atoms with Crippen molar-refractivity contribution in [2.24, 2.45) is 0 Å². The van der Waals surface area contributed by atoms with Crippen molar-refractivity contribution in [1.82, 2.24) is 4.31 Å². The lowest BCUT2D eigenvalue weighted by Gasteiger charge is -2.31. The van der Waals surface area contributed by atoms with Crippen molar-refractivity contribution in [3.8, 4) is 0 Å². The van der Waals surface area contributed by atoms with Gasteiger partial charge < -0.3 is 4.90 Å². The maximum Gasteiger partial charge on any atom is 0.306 e. The minimum atomic E-state index is -3.89. The third kappa shape index (κ3) is 4.32. The Morgan fingerprint density at radius 1 is 1.19 bits per heavy atom. The number of piperazine rings is 1. The van der Waals surface area contributed by atoms with Gasteiger partial charge in [-0.2, -0.15) is 8.70 Å². The number of nitro benzene ring substituents is 1. The molecular formula is C18H21FN3O4S+. The van der Waals surface area contributed by atoms with Crippen molar-refractivity contribution in [2.45, 2.75) is 18.4 Å². The van der Waals surface area contributed by atoms with Crippen LogP contribution in [0.25, 0.3) is 0 Å². The number of hydrogen-bond donors (Lipinski definition) is 1. The van der Waals surface area contributed by atoms with Crippen molar-refractivity contribution in [1.29, 1.82) is 0 Å². The topological polar surface area (TPSA) is 85.0 Å². The fourth-order valence-electron chi connectivity index (χ4n) is 3.27. The van der Waals surface area contributed by atoms with Gasteiger partial charge in [0, 0.05) is 11.6 Å². The van der Waals surface area contributed by atoms with E-state index < -0.39 is 26.5 Å². The van der Waals surface area contributed by atoms with Crippen molar-refractivity contribution in [2.75, 3.05) is 26.2 Å². The summed E-state index contributed by atoms with van der Waals surface area (Å²) in [5, 5.41) is 10.9. The summed E-state index contributed by atoms with van der Waals surface area (Å²) in [5.41, 5.74) is 1.56. The molecule has 2 aromatic rings. The molecule has 0 aromatic heterocycles. The van der Waals surface area contributed by atoms with E-state index in [0.717, 1.165) is 24.7 Å². The van der Waals surface area contributed by atoms with E-state index in [1.165, 1.54) is 20.3 Å². The van der Waals surface area contributed by atoms with Crippen LogP contribution >= 0.6 is 0 Å². The molecule has 0 radical (unpaired) electrons. The van der Waals surface area contributed by atoms with Gasteiger partial charge in [-0.3, -0.25) is 10.1 Å². The minimum absolute atomic E-state index is 0.252. The molecule has 1 fully saturated rings. The molecule has 1 heterocycles. The van der Waals surface area contributed by atoms with E-state index in [4.69, 9.17) is 0 Å². The van der Waals surface area contributed by atoms with Gasteiger partial charge in [-0.25, -0.2) is 8.42 Å². The molecule has 0 amide bonds. The minimum Gasteiger partial charge on any atom is -0.329 e. The normalized spacial score (nSPS) is 16.4. The van der Waals surface area contributed by atoms with E-state index in [9.17, 15) is 22.9 Å². The van der Waals surface area contributed by atoms with E-state index in [1.54, 1.807) is 0 Å². The lowest BCUT2D eigenvalue weighted by Crippen LogP contribution is -3.13. The molecule has 0 saturated carbocycles. The second-order valence-corrected chi connectivity index (χ2v) is 8.63. The number of benzene rings is 2. The maximum atomic E-state index is 13.5. The Morgan fingerprint density at radius 3 is 2.52 bits per heavy atom. The van der Waals surface area contributed by atoms with Crippen molar-refractivity contribution < 1.29 is 22.6 Å². The van der Waals surface area contributed by atoms with Crippen LogP contribution in [0.1, 0.15) is 11.1 Å². The summed E-state index contributed by atoms with van der Waals surface area (Å²) < 4.78 is 40.3. The zero-order chi connectivity index (χ0) is 19.6. The average Bonchev–Trinajstić information content (AvgIpc) is 2.62. The first-order valence-electron chi connectivity index (χ1n) is 8.60. The van der Waals surface area contributed by atoms with Crippen LogP contribution < -0.4 is 4.90 Å². The van der Waals surface area contributed by atoms with Gasteiger partial charge in [0.15, 0.2) is 0 Å². The molecule has 0 bridgehead atoms. The third-order valence-corrected chi connectivity index (χ3v) is 6.61. The predicted octanol–water partition coefficient (Wildman–Crippen LogP) is 1.13. The molecule has 2 aromatic carbocycles. The maximum absolute atomic E-state index is 13.5. The summed E-state index contributed by atoms with van der Waals surface area (Å²) in [6.45, 7) is 4.75. The van der Waals surface area contributed by atoms with Gasteiger partial charge >= 0.3 is 5.69 Å². The first-order valence-corrected chi connectivity index (χ1v) is 10.0. The zero-order valence-electron chi connectivity index (χ0n) is 14.9. The highest BCUT2D eigenvalue weighted by Gasteiger charge is 2.32. The molecular weight excluding hydrogens is 373 g/mol. The summed E-state index contributed by atoms with van der Waals surface area (Å²) in [6, 6.07) is 10.9. The monoisotopic (exact) mass is 394 g/mol. The van der Waals surface area contributed by atoms with E-state index in [-0.39, 0.29) is 4.90 Å². The Labute approximate surface area is 157 Å². The molecule has 0 atom stereocenters. The van der Waals surface area contributed by atoms with Crippen molar-refractivity contribution in [3.63, 3.8) is 0 Å². The van der Waals surface area contributed by atoms with Gasteiger partial charge in [-0.1, -0.05) is 29.8 Å². The number of nitro groups is 1.